The van der Waals surface area contributed by atoms with Crippen LogP contribution < -0.4 is 5.32 Å². The molecular weight excluding hydrogens is 272 g/mol. The number of likely N-dealkylation sites (tertiary alicyclic amines) is 1. The molecule has 5 heteroatoms. The van der Waals surface area contributed by atoms with Gasteiger partial charge in [0.2, 0.25) is 0 Å². The number of thioether (sulfide) groups is 1. The van der Waals surface area contributed by atoms with Gasteiger partial charge < -0.3 is 9.73 Å². The van der Waals surface area contributed by atoms with E-state index < -0.39 is 0 Å². The number of furan rings is 1. The summed E-state index contributed by atoms with van der Waals surface area (Å²) in [7, 11) is 0. The molecule has 4 nitrogen and oxygen atoms in total. The van der Waals surface area contributed by atoms with Gasteiger partial charge in [0, 0.05) is 18.3 Å². The number of rotatable bonds is 4. The van der Waals surface area contributed by atoms with Crippen molar-refractivity contribution >= 4 is 17.7 Å². The molecule has 2 aliphatic heterocycles. The molecule has 20 heavy (non-hydrogen) atoms. The largest absolute Gasteiger partial charge is 0.459 e. The van der Waals surface area contributed by atoms with Gasteiger partial charge >= 0.3 is 0 Å². The standard InChI is InChI=1S/C15H22N2O2S/c18-15(14-2-1-8-19-14)16-10-12-3-6-17(7-4-12)13-5-9-20-11-13/h1-2,8,12-13H,3-7,9-11H2,(H,16,18). The molecular formula is C15H22N2O2S. The van der Waals surface area contributed by atoms with E-state index in [9.17, 15) is 4.79 Å². The van der Waals surface area contributed by atoms with Crippen LogP contribution in [0, 0.1) is 5.92 Å². The summed E-state index contributed by atoms with van der Waals surface area (Å²) in [5.41, 5.74) is 0. The van der Waals surface area contributed by atoms with Crippen LogP contribution in [0.5, 0.6) is 0 Å². The van der Waals surface area contributed by atoms with Gasteiger partial charge in [-0.2, -0.15) is 11.8 Å². The second-order valence-corrected chi connectivity index (χ2v) is 6.83. The van der Waals surface area contributed by atoms with Gasteiger partial charge in [-0.15, -0.1) is 0 Å². The Hall–Kier alpha value is -0.940. The Morgan fingerprint density at radius 1 is 1.40 bits per heavy atom. The van der Waals surface area contributed by atoms with Gasteiger partial charge in [-0.05, 0) is 56.2 Å². The first-order valence-electron chi connectivity index (χ1n) is 7.46. The summed E-state index contributed by atoms with van der Waals surface area (Å²) in [6, 6.07) is 4.25. The molecule has 3 rings (SSSR count). The normalized spacial score (nSPS) is 24.9. The predicted octanol–water partition coefficient (Wildman–Crippen LogP) is 2.23. The first-order valence-corrected chi connectivity index (χ1v) is 8.62. The van der Waals surface area contributed by atoms with Crippen molar-refractivity contribution in [3.8, 4) is 0 Å². The van der Waals surface area contributed by atoms with Crippen LogP contribution >= 0.6 is 11.8 Å². The molecule has 0 saturated carbocycles. The molecule has 1 aromatic rings. The van der Waals surface area contributed by atoms with Gasteiger partial charge in [-0.3, -0.25) is 9.69 Å². The van der Waals surface area contributed by atoms with E-state index in [0.29, 0.717) is 11.7 Å². The van der Waals surface area contributed by atoms with Crippen LogP contribution in [0.1, 0.15) is 29.8 Å². The number of hydrogen-bond acceptors (Lipinski definition) is 4. The van der Waals surface area contributed by atoms with Crippen molar-refractivity contribution in [3.63, 3.8) is 0 Å². The third kappa shape index (κ3) is 3.38. The molecule has 1 atom stereocenters. The Kier molecular flexibility index (Phi) is 4.68. The minimum Gasteiger partial charge on any atom is -0.459 e. The first-order chi connectivity index (χ1) is 9.83. The fourth-order valence-corrected chi connectivity index (χ4v) is 4.32. The lowest BCUT2D eigenvalue weighted by Gasteiger charge is -2.35. The number of carbonyl (C=O) groups is 1. The summed E-state index contributed by atoms with van der Waals surface area (Å²) in [5.74, 6) is 3.55. The minimum atomic E-state index is -0.0929. The summed E-state index contributed by atoms with van der Waals surface area (Å²) in [4.78, 5) is 14.4. The molecule has 2 saturated heterocycles. The fraction of sp³-hybridized carbons (Fsp3) is 0.667. The highest BCUT2D eigenvalue weighted by atomic mass is 32.2. The molecule has 2 fully saturated rings. The van der Waals surface area contributed by atoms with Crippen molar-refractivity contribution in [2.45, 2.75) is 25.3 Å². The number of nitrogens with one attached hydrogen (secondary N) is 1. The van der Waals surface area contributed by atoms with E-state index in [1.54, 1.807) is 12.1 Å². The van der Waals surface area contributed by atoms with E-state index in [4.69, 9.17) is 4.42 Å². The zero-order valence-corrected chi connectivity index (χ0v) is 12.5. The van der Waals surface area contributed by atoms with Crippen LogP contribution in [-0.2, 0) is 0 Å². The van der Waals surface area contributed by atoms with Crippen LogP contribution in [0.2, 0.25) is 0 Å². The zero-order valence-electron chi connectivity index (χ0n) is 11.7. The Morgan fingerprint density at radius 3 is 2.90 bits per heavy atom. The summed E-state index contributed by atoms with van der Waals surface area (Å²) in [6.07, 6.45) is 5.27. The van der Waals surface area contributed by atoms with Crippen LogP contribution in [0.15, 0.2) is 22.8 Å². The lowest BCUT2D eigenvalue weighted by Crippen LogP contribution is -2.43. The Morgan fingerprint density at radius 2 is 2.25 bits per heavy atom. The third-order valence-corrected chi connectivity index (χ3v) is 5.51. The van der Waals surface area contributed by atoms with Crippen LogP contribution in [0.4, 0.5) is 0 Å². The van der Waals surface area contributed by atoms with Gasteiger partial charge in [0.25, 0.3) is 5.91 Å². The number of carbonyl (C=O) groups excluding carboxylic acids is 1. The van der Waals surface area contributed by atoms with Gasteiger partial charge in [0.05, 0.1) is 6.26 Å². The minimum absolute atomic E-state index is 0.0929. The van der Waals surface area contributed by atoms with Gasteiger partial charge in [-0.1, -0.05) is 0 Å². The maximum atomic E-state index is 11.8. The molecule has 2 aliphatic rings. The average molecular weight is 294 g/mol. The molecule has 0 aromatic carbocycles. The van der Waals surface area contributed by atoms with Crippen molar-refractivity contribution in [2.75, 3.05) is 31.1 Å². The number of amides is 1. The second kappa shape index (κ2) is 6.68. The number of hydrogen-bond donors (Lipinski definition) is 1. The van der Waals surface area contributed by atoms with Crippen molar-refractivity contribution in [1.82, 2.24) is 10.2 Å². The van der Waals surface area contributed by atoms with E-state index in [1.807, 2.05) is 0 Å². The summed E-state index contributed by atoms with van der Waals surface area (Å²) in [5, 5.41) is 2.98. The molecule has 0 aliphatic carbocycles. The Balaban J connectivity index is 1.39. The lowest BCUT2D eigenvalue weighted by atomic mass is 9.95. The quantitative estimate of drug-likeness (QED) is 0.925. The molecule has 1 amide bonds. The van der Waals surface area contributed by atoms with Crippen molar-refractivity contribution in [1.29, 1.82) is 0 Å². The molecule has 110 valence electrons. The van der Waals surface area contributed by atoms with E-state index >= 15 is 0 Å². The predicted molar refractivity (Wildman–Crippen MR) is 81.1 cm³/mol. The average Bonchev–Trinajstić information content (AvgIpc) is 3.18. The molecule has 1 N–H and O–H groups in total. The van der Waals surface area contributed by atoms with Crippen LogP contribution in [0.25, 0.3) is 0 Å². The second-order valence-electron chi connectivity index (χ2n) is 5.68. The smallest absolute Gasteiger partial charge is 0.286 e. The maximum absolute atomic E-state index is 11.8. The van der Waals surface area contributed by atoms with E-state index in [-0.39, 0.29) is 5.91 Å². The molecule has 3 heterocycles. The van der Waals surface area contributed by atoms with E-state index in [1.165, 1.54) is 50.1 Å². The van der Waals surface area contributed by atoms with Crippen LogP contribution in [-0.4, -0.2) is 48.0 Å². The topological polar surface area (TPSA) is 45.5 Å². The van der Waals surface area contributed by atoms with Crippen molar-refractivity contribution < 1.29 is 9.21 Å². The molecule has 0 radical (unpaired) electrons. The molecule has 0 bridgehead atoms. The van der Waals surface area contributed by atoms with E-state index in [0.717, 1.165) is 12.6 Å². The number of piperidine rings is 1. The fourth-order valence-electron chi connectivity index (χ4n) is 3.06. The van der Waals surface area contributed by atoms with Gasteiger partial charge in [-0.25, -0.2) is 0 Å². The zero-order chi connectivity index (χ0) is 13.8. The number of nitrogens with zero attached hydrogens (tertiary/aromatic N) is 1. The Labute approximate surface area is 124 Å². The SMILES string of the molecule is O=C(NCC1CCN(C2CCSC2)CC1)c1ccco1. The lowest BCUT2D eigenvalue weighted by molar-refractivity contribution is 0.0901. The molecule has 1 aromatic heterocycles. The van der Waals surface area contributed by atoms with E-state index in [2.05, 4.69) is 22.0 Å². The molecule has 0 spiro atoms. The molecule has 1 unspecified atom stereocenters. The van der Waals surface area contributed by atoms with Gasteiger partial charge in [0.1, 0.15) is 0 Å². The highest BCUT2D eigenvalue weighted by Crippen LogP contribution is 2.26. The van der Waals surface area contributed by atoms with Crippen LogP contribution in [0.3, 0.4) is 0 Å². The van der Waals surface area contributed by atoms with Crippen molar-refractivity contribution in [3.05, 3.63) is 24.2 Å². The van der Waals surface area contributed by atoms with Gasteiger partial charge in [0.15, 0.2) is 5.76 Å². The maximum Gasteiger partial charge on any atom is 0.286 e. The van der Waals surface area contributed by atoms with Crippen molar-refractivity contribution in [2.24, 2.45) is 5.92 Å². The highest BCUT2D eigenvalue weighted by Gasteiger charge is 2.27. The third-order valence-electron chi connectivity index (χ3n) is 4.37. The monoisotopic (exact) mass is 294 g/mol. The Bertz CT molecular complexity index is 421. The summed E-state index contributed by atoms with van der Waals surface area (Å²) >= 11 is 2.08. The highest BCUT2D eigenvalue weighted by molar-refractivity contribution is 7.99. The first kappa shape index (κ1) is 14.0. The summed E-state index contributed by atoms with van der Waals surface area (Å²) < 4.78 is 5.10. The summed E-state index contributed by atoms with van der Waals surface area (Å²) in [6.45, 7) is 3.14.